The summed E-state index contributed by atoms with van der Waals surface area (Å²) in [5.74, 6) is 0.759. The van der Waals surface area contributed by atoms with Crippen molar-refractivity contribution in [1.82, 2.24) is 9.97 Å². The Labute approximate surface area is 205 Å². The van der Waals surface area contributed by atoms with E-state index in [1.807, 2.05) is 24.3 Å². The zero-order valence-electron chi connectivity index (χ0n) is 18.4. The molecule has 0 radical (unpaired) electrons. The fourth-order valence-electron chi connectivity index (χ4n) is 3.56. The standard InChI is InChI=1S/C25H21ClFN5O3/c26-21-10-18(5-7-23(21)34-12-15-2-1-3-16(27)8-15)30-24-20-9-17(4-6-22(20)28-14-29-24)31-25-32-19(11-33)13-35-25/h1-10,14,19,33H,11-13H2,(H,31,32)(H,28,29,30)/t19-/m0/s1. The van der Waals surface area contributed by atoms with Crippen LogP contribution in [0.2, 0.25) is 5.02 Å². The second-order valence-corrected chi connectivity index (χ2v) is 8.26. The molecule has 4 aromatic rings. The lowest BCUT2D eigenvalue weighted by molar-refractivity contribution is 0.227. The Balaban J connectivity index is 1.32. The molecule has 1 atom stereocenters. The predicted octanol–water partition coefficient (Wildman–Crippen LogP) is 4.90. The number of aromatic nitrogens is 2. The summed E-state index contributed by atoms with van der Waals surface area (Å²) in [6.07, 6.45) is 1.48. The van der Waals surface area contributed by atoms with Crippen LogP contribution in [0.5, 0.6) is 5.75 Å². The molecule has 0 saturated carbocycles. The fourth-order valence-corrected chi connectivity index (χ4v) is 3.79. The van der Waals surface area contributed by atoms with E-state index in [2.05, 4.69) is 25.6 Å². The highest BCUT2D eigenvalue weighted by molar-refractivity contribution is 6.32. The van der Waals surface area contributed by atoms with Gasteiger partial charge in [-0.1, -0.05) is 23.7 Å². The van der Waals surface area contributed by atoms with Gasteiger partial charge in [0.25, 0.3) is 6.02 Å². The number of ether oxygens (including phenoxy) is 2. The highest BCUT2D eigenvalue weighted by Crippen LogP contribution is 2.31. The van der Waals surface area contributed by atoms with E-state index in [1.54, 1.807) is 24.3 Å². The largest absolute Gasteiger partial charge is 0.487 e. The zero-order chi connectivity index (χ0) is 24.2. The van der Waals surface area contributed by atoms with Gasteiger partial charge >= 0.3 is 0 Å². The van der Waals surface area contributed by atoms with Gasteiger partial charge in [-0.2, -0.15) is 0 Å². The average molecular weight is 494 g/mol. The first kappa shape index (κ1) is 22.8. The monoisotopic (exact) mass is 493 g/mol. The second kappa shape index (κ2) is 10.1. The van der Waals surface area contributed by atoms with Crippen LogP contribution >= 0.6 is 11.6 Å². The van der Waals surface area contributed by atoms with Gasteiger partial charge in [0.05, 0.1) is 17.1 Å². The molecule has 0 bridgehead atoms. The number of fused-ring (bicyclic) bond motifs is 1. The van der Waals surface area contributed by atoms with Crippen LogP contribution in [0.15, 0.2) is 72.0 Å². The first-order chi connectivity index (χ1) is 17.1. The summed E-state index contributed by atoms with van der Waals surface area (Å²) in [6.45, 7) is 0.470. The molecule has 8 nitrogen and oxygen atoms in total. The van der Waals surface area contributed by atoms with Gasteiger partial charge in [0, 0.05) is 16.8 Å². The number of aliphatic hydroxyl groups is 1. The van der Waals surface area contributed by atoms with Crippen LogP contribution in [0.3, 0.4) is 0 Å². The topological polar surface area (TPSA) is 101 Å². The maximum atomic E-state index is 13.4. The number of nitrogens with zero attached hydrogens (tertiary/aromatic N) is 3. The van der Waals surface area contributed by atoms with Gasteiger partial charge in [-0.05, 0) is 54.1 Å². The number of aliphatic hydroxyl groups excluding tert-OH is 1. The van der Waals surface area contributed by atoms with Gasteiger partial charge in [0.15, 0.2) is 0 Å². The lowest BCUT2D eigenvalue weighted by Crippen LogP contribution is -2.12. The highest BCUT2D eigenvalue weighted by Gasteiger charge is 2.18. The molecule has 5 rings (SSSR count). The van der Waals surface area contributed by atoms with Crippen molar-refractivity contribution in [2.75, 3.05) is 23.8 Å². The number of hydrogen-bond acceptors (Lipinski definition) is 8. The number of amidine groups is 1. The summed E-state index contributed by atoms with van der Waals surface area (Å²) in [6, 6.07) is 17.2. The van der Waals surface area contributed by atoms with Gasteiger partial charge in [-0.15, -0.1) is 0 Å². The van der Waals surface area contributed by atoms with Gasteiger partial charge < -0.3 is 25.2 Å². The van der Waals surface area contributed by atoms with Crippen molar-refractivity contribution < 1.29 is 19.0 Å². The van der Waals surface area contributed by atoms with Gasteiger partial charge in [-0.3, -0.25) is 0 Å². The number of hydrogen-bond donors (Lipinski definition) is 3. The summed E-state index contributed by atoms with van der Waals surface area (Å²) in [5.41, 5.74) is 2.91. The normalized spacial score (nSPS) is 14.9. The Morgan fingerprint density at radius 2 is 1.91 bits per heavy atom. The molecule has 0 saturated heterocycles. The maximum absolute atomic E-state index is 13.4. The molecule has 0 amide bonds. The Hall–Kier alpha value is -3.95. The third-order valence-electron chi connectivity index (χ3n) is 5.29. The van der Waals surface area contributed by atoms with E-state index in [1.165, 1.54) is 18.5 Å². The summed E-state index contributed by atoms with van der Waals surface area (Å²) in [5, 5.41) is 16.8. The molecular formula is C25H21ClFN5O3. The molecule has 0 spiro atoms. The third-order valence-corrected chi connectivity index (χ3v) is 5.58. The molecular weight excluding hydrogens is 473 g/mol. The van der Waals surface area contributed by atoms with Crippen LogP contribution in [-0.4, -0.2) is 40.4 Å². The SMILES string of the molecule is OC[C@H]1COC(Nc2ccc3ncnc(Nc4ccc(OCc5cccc(F)c5)c(Cl)c4)c3c2)=N1. The number of benzene rings is 3. The molecule has 0 fully saturated rings. The van der Waals surface area contributed by atoms with Crippen LogP contribution in [0, 0.1) is 5.82 Å². The summed E-state index contributed by atoms with van der Waals surface area (Å²) in [4.78, 5) is 13.0. The lowest BCUT2D eigenvalue weighted by atomic mass is 10.2. The maximum Gasteiger partial charge on any atom is 0.289 e. The Kier molecular flexibility index (Phi) is 6.60. The molecule has 3 aromatic carbocycles. The highest BCUT2D eigenvalue weighted by atomic mass is 35.5. The van der Waals surface area contributed by atoms with Crippen molar-refractivity contribution in [3.63, 3.8) is 0 Å². The predicted molar refractivity (Wildman–Crippen MR) is 133 cm³/mol. The average Bonchev–Trinajstić information content (AvgIpc) is 3.31. The number of halogens is 2. The van der Waals surface area contributed by atoms with Crippen LogP contribution in [-0.2, 0) is 11.3 Å². The molecule has 178 valence electrons. The van der Waals surface area contributed by atoms with Crippen LogP contribution < -0.4 is 15.4 Å². The van der Waals surface area contributed by atoms with Crippen molar-refractivity contribution in [1.29, 1.82) is 0 Å². The number of rotatable bonds is 7. The van der Waals surface area contributed by atoms with Crippen molar-refractivity contribution in [3.05, 3.63) is 83.4 Å². The van der Waals surface area contributed by atoms with Crippen LogP contribution in [0.4, 0.5) is 21.6 Å². The Morgan fingerprint density at radius 1 is 1.06 bits per heavy atom. The molecule has 1 aromatic heterocycles. The smallest absolute Gasteiger partial charge is 0.289 e. The quantitative estimate of drug-likeness (QED) is 0.336. The van der Waals surface area contributed by atoms with E-state index in [0.29, 0.717) is 40.5 Å². The molecule has 1 aliphatic heterocycles. The lowest BCUT2D eigenvalue weighted by Gasteiger charge is -2.13. The Bertz CT molecular complexity index is 1400. The van der Waals surface area contributed by atoms with Crippen LogP contribution in [0.1, 0.15) is 5.56 Å². The minimum Gasteiger partial charge on any atom is -0.487 e. The van der Waals surface area contributed by atoms with Gasteiger partial charge in [0.1, 0.15) is 43.0 Å². The van der Waals surface area contributed by atoms with E-state index < -0.39 is 0 Å². The minimum absolute atomic E-state index is 0.0675. The molecule has 3 N–H and O–H groups in total. The number of anilines is 3. The molecule has 0 aliphatic carbocycles. The summed E-state index contributed by atoms with van der Waals surface area (Å²) < 4.78 is 24.6. The van der Waals surface area contributed by atoms with Crippen molar-refractivity contribution in [2.24, 2.45) is 4.99 Å². The van der Waals surface area contributed by atoms with E-state index >= 15 is 0 Å². The molecule has 10 heteroatoms. The van der Waals surface area contributed by atoms with E-state index in [9.17, 15) is 9.50 Å². The van der Waals surface area contributed by atoms with Crippen LogP contribution in [0.25, 0.3) is 10.9 Å². The van der Waals surface area contributed by atoms with Gasteiger partial charge in [-0.25, -0.2) is 19.4 Å². The third kappa shape index (κ3) is 5.42. The fraction of sp³-hybridized carbons (Fsp3) is 0.160. The first-order valence-electron chi connectivity index (χ1n) is 10.8. The molecule has 35 heavy (non-hydrogen) atoms. The number of aliphatic imine (C=N–C) groups is 1. The van der Waals surface area contributed by atoms with Crippen molar-refractivity contribution >= 4 is 45.7 Å². The van der Waals surface area contributed by atoms with E-state index in [0.717, 1.165) is 16.6 Å². The van der Waals surface area contributed by atoms with E-state index in [4.69, 9.17) is 21.1 Å². The van der Waals surface area contributed by atoms with Crippen molar-refractivity contribution in [2.45, 2.75) is 12.6 Å². The summed E-state index contributed by atoms with van der Waals surface area (Å²) in [7, 11) is 0. The number of nitrogens with one attached hydrogen (secondary N) is 2. The molecule has 0 unspecified atom stereocenters. The Morgan fingerprint density at radius 3 is 2.71 bits per heavy atom. The molecule has 2 heterocycles. The molecule has 1 aliphatic rings. The first-order valence-corrected chi connectivity index (χ1v) is 11.2. The minimum atomic E-state index is -0.315. The van der Waals surface area contributed by atoms with Gasteiger partial charge in [0.2, 0.25) is 0 Å². The second-order valence-electron chi connectivity index (χ2n) is 7.85. The van der Waals surface area contributed by atoms with E-state index in [-0.39, 0.29) is 25.1 Å². The van der Waals surface area contributed by atoms with Crippen molar-refractivity contribution in [3.8, 4) is 5.75 Å². The zero-order valence-corrected chi connectivity index (χ0v) is 19.2. The summed E-state index contributed by atoms with van der Waals surface area (Å²) >= 11 is 6.43.